The van der Waals surface area contributed by atoms with Crippen LogP contribution in [0.2, 0.25) is 0 Å². The van der Waals surface area contributed by atoms with E-state index in [0.717, 1.165) is 81.3 Å². The van der Waals surface area contributed by atoms with Crippen molar-refractivity contribution in [2.24, 2.45) is 0 Å². The van der Waals surface area contributed by atoms with E-state index >= 15 is 0 Å². The van der Waals surface area contributed by atoms with Gasteiger partial charge in [0.05, 0.1) is 5.75 Å². The lowest BCUT2D eigenvalue weighted by Gasteiger charge is -2.29. The van der Waals surface area contributed by atoms with E-state index in [2.05, 4.69) is 21.3 Å². The highest BCUT2D eigenvalue weighted by atomic mass is 32.2. The van der Waals surface area contributed by atoms with Crippen LogP contribution in [0.3, 0.4) is 0 Å². The Balaban J connectivity index is 1.53. The molecule has 2 amide bonds. The van der Waals surface area contributed by atoms with Crippen LogP contribution in [-0.4, -0.2) is 72.9 Å². The fraction of sp³-hybridized carbons (Fsp3) is 0.567. The molecule has 0 bridgehead atoms. The monoisotopic (exact) mass is 569 g/mol. The van der Waals surface area contributed by atoms with Gasteiger partial charge in [-0.2, -0.15) is 0 Å². The van der Waals surface area contributed by atoms with Crippen molar-refractivity contribution in [2.45, 2.75) is 71.4 Å². The van der Waals surface area contributed by atoms with Crippen molar-refractivity contribution in [2.75, 3.05) is 43.4 Å². The first kappa shape index (κ1) is 30.1. The summed E-state index contributed by atoms with van der Waals surface area (Å²) in [5, 5.41) is 2.81. The van der Waals surface area contributed by atoms with E-state index in [4.69, 9.17) is 0 Å². The number of sulfonamides is 1. The summed E-state index contributed by atoms with van der Waals surface area (Å²) >= 11 is 0. The molecule has 10 heteroatoms. The number of carbonyl (C=O) groups is 2. The van der Waals surface area contributed by atoms with Crippen molar-refractivity contribution < 1.29 is 18.0 Å². The van der Waals surface area contributed by atoms with Gasteiger partial charge >= 0.3 is 0 Å². The largest absolute Gasteiger partial charge is 0.351 e. The molecule has 1 saturated heterocycles. The molecule has 218 valence electrons. The molecule has 40 heavy (non-hydrogen) atoms. The number of rotatable bonds is 7. The Morgan fingerprint density at radius 3 is 2.35 bits per heavy atom. The minimum absolute atomic E-state index is 0.0164. The number of anilines is 1. The predicted molar refractivity (Wildman–Crippen MR) is 157 cm³/mol. The first-order chi connectivity index (χ1) is 19.3. The summed E-state index contributed by atoms with van der Waals surface area (Å²) in [6, 6.07) is 9.46. The first-order valence-electron chi connectivity index (χ1n) is 14.6. The molecule has 0 saturated carbocycles. The summed E-state index contributed by atoms with van der Waals surface area (Å²) in [4.78, 5) is 34.3. The van der Waals surface area contributed by atoms with Crippen molar-refractivity contribution >= 4 is 27.5 Å². The van der Waals surface area contributed by atoms with Gasteiger partial charge in [0.2, 0.25) is 15.9 Å². The lowest BCUT2D eigenvalue weighted by atomic mass is 10.0. The molecule has 1 fully saturated rings. The van der Waals surface area contributed by atoms with Crippen LogP contribution in [0.25, 0.3) is 0 Å². The summed E-state index contributed by atoms with van der Waals surface area (Å²) < 4.78 is 26.9. The maximum Gasteiger partial charge on any atom is 0.251 e. The molecule has 9 nitrogen and oxygen atoms in total. The maximum absolute atomic E-state index is 13.1. The Morgan fingerprint density at radius 2 is 1.62 bits per heavy atom. The number of amides is 2. The van der Waals surface area contributed by atoms with Crippen LogP contribution in [0.5, 0.6) is 0 Å². The van der Waals surface area contributed by atoms with Crippen molar-refractivity contribution in [1.82, 2.24) is 19.5 Å². The van der Waals surface area contributed by atoms with E-state index in [1.165, 1.54) is 4.31 Å². The minimum Gasteiger partial charge on any atom is -0.351 e. The van der Waals surface area contributed by atoms with E-state index in [0.29, 0.717) is 31.7 Å². The average Bonchev–Trinajstić information content (AvgIpc) is 2.94. The van der Waals surface area contributed by atoms with Crippen LogP contribution in [0.4, 0.5) is 5.69 Å². The second-order valence-corrected chi connectivity index (χ2v) is 13.0. The predicted octanol–water partition coefficient (Wildman–Crippen LogP) is 3.95. The molecule has 1 aromatic carbocycles. The molecular weight excluding hydrogens is 526 g/mol. The van der Waals surface area contributed by atoms with E-state index in [1.807, 2.05) is 29.3 Å². The summed E-state index contributed by atoms with van der Waals surface area (Å²) in [7, 11) is -3.39. The highest BCUT2D eigenvalue weighted by molar-refractivity contribution is 7.89. The van der Waals surface area contributed by atoms with E-state index < -0.39 is 10.0 Å². The number of fused-ring (bicyclic) bond motifs is 1. The van der Waals surface area contributed by atoms with Crippen LogP contribution in [0, 0.1) is 0 Å². The fourth-order valence-corrected chi connectivity index (χ4v) is 7.01. The molecule has 4 rings (SSSR count). The standard InChI is InChI=1S/C30H43N5O4S/c1-25(36)35-19-9-4-2-3-6-16-33(23-26-11-10-14-31-22-26)24-28-21-27(12-13-29(28)35)30(37)32-15-20-40(38,39)34-17-7-5-8-18-34/h10-14,21-22H,2-9,15-20,23-24H2,1H3,(H,32,37). The van der Waals surface area contributed by atoms with E-state index in [9.17, 15) is 18.0 Å². The van der Waals surface area contributed by atoms with Crippen LogP contribution in [-0.2, 0) is 27.9 Å². The van der Waals surface area contributed by atoms with Crippen molar-refractivity contribution in [3.63, 3.8) is 0 Å². The lowest BCUT2D eigenvalue weighted by Crippen LogP contribution is -2.40. The molecular formula is C30H43N5O4S. The highest BCUT2D eigenvalue weighted by Gasteiger charge is 2.24. The van der Waals surface area contributed by atoms with Crippen molar-refractivity contribution in [1.29, 1.82) is 0 Å². The Hall–Kier alpha value is -2.82. The number of aromatic nitrogens is 1. The summed E-state index contributed by atoms with van der Waals surface area (Å²) in [6.45, 7) is 5.61. The molecule has 0 unspecified atom stereocenters. The average molecular weight is 570 g/mol. The Bertz CT molecular complexity index is 1230. The molecule has 0 aliphatic carbocycles. The SMILES string of the molecule is CC(=O)N1CCCCCCCN(Cc2cccnc2)Cc2cc(C(=O)NCCS(=O)(=O)N3CCCCC3)ccc21. The van der Waals surface area contributed by atoms with E-state index in [-0.39, 0.29) is 24.1 Å². The van der Waals surface area contributed by atoms with Gasteiger partial charge in [-0.25, -0.2) is 12.7 Å². The number of benzene rings is 1. The third kappa shape index (κ3) is 8.59. The Morgan fingerprint density at radius 1 is 0.925 bits per heavy atom. The minimum atomic E-state index is -3.39. The molecule has 0 spiro atoms. The van der Waals surface area contributed by atoms with Crippen molar-refractivity contribution in [3.8, 4) is 0 Å². The summed E-state index contributed by atoms with van der Waals surface area (Å²) in [5.74, 6) is -0.436. The van der Waals surface area contributed by atoms with Crippen LogP contribution >= 0.6 is 0 Å². The van der Waals surface area contributed by atoms with Crippen LogP contribution < -0.4 is 10.2 Å². The zero-order valence-corrected chi connectivity index (χ0v) is 24.5. The summed E-state index contributed by atoms with van der Waals surface area (Å²) in [6.07, 6.45) is 11.8. The zero-order valence-electron chi connectivity index (χ0n) is 23.7. The van der Waals surface area contributed by atoms with Gasteiger partial charge in [0.15, 0.2) is 0 Å². The molecule has 3 heterocycles. The van der Waals surface area contributed by atoms with Gasteiger partial charge in [-0.15, -0.1) is 0 Å². The number of nitrogens with one attached hydrogen (secondary N) is 1. The molecule has 2 aliphatic rings. The quantitative estimate of drug-likeness (QED) is 0.542. The molecule has 1 aromatic heterocycles. The number of pyridine rings is 1. The van der Waals surface area contributed by atoms with Crippen LogP contribution in [0.1, 0.15) is 79.8 Å². The molecule has 1 N–H and O–H groups in total. The number of hydrogen-bond acceptors (Lipinski definition) is 6. The molecule has 0 atom stereocenters. The second kappa shape index (κ2) is 14.7. The third-order valence-electron chi connectivity index (χ3n) is 7.75. The number of piperidine rings is 1. The first-order valence-corrected chi connectivity index (χ1v) is 16.2. The van der Waals surface area contributed by atoms with Crippen molar-refractivity contribution in [3.05, 3.63) is 59.4 Å². The van der Waals surface area contributed by atoms with Gasteiger partial charge in [0.25, 0.3) is 5.91 Å². The zero-order chi connectivity index (χ0) is 28.4. The lowest BCUT2D eigenvalue weighted by molar-refractivity contribution is -0.116. The second-order valence-electron chi connectivity index (χ2n) is 10.9. The number of nitrogens with zero attached hydrogens (tertiary/aromatic N) is 4. The fourth-order valence-electron chi connectivity index (χ4n) is 5.57. The molecule has 2 aromatic rings. The van der Waals surface area contributed by atoms with Crippen LogP contribution in [0.15, 0.2) is 42.7 Å². The molecule has 2 aliphatic heterocycles. The van der Waals surface area contributed by atoms with Gasteiger partial charge in [-0.05, 0) is 67.6 Å². The molecule has 0 radical (unpaired) electrons. The number of hydrogen-bond donors (Lipinski definition) is 1. The summed E-state index contributed by atoms with van der Waals surface area (Å²) in [5.41, 5.74) is 3.32. The van der Waals surface area contributed by atoms with Gasteiger partial charge in [-0.1, -0.05) is 31.7 Å². The van der Waals surface area contributed by atoms with Gasteiger partial charge in [0.1, 0.15) is 0 Å². The van der Waals surface area contributed by atoms with Gasteiger partial charge in [0, 0.05) is 69.8 Å². The van der Waals surface area contributed by atoms with E-state index in [1.54, 1.807) is 19.2 Å². The van der Waals surface area contributed by atoms with Gasteiger partial charge in [-0.3, -0.25) is 19.5 Å². The number of carbonyl (C=O) groups excluding carboxylic acids is 2. The normalized spacial score (nSPS) is 18.3. The topological polar surface area (TPSA) is 103 Å². The Kier molecular flexibility index (Phi) is 11.1. The maximum atomic E-state index is 13.1. The third-order valence-corrected chi connectivity index (χ3v) is 9.62. The van der Waals surface area contributed by atoms with Gasteiger partial charge < -0.3 is 10.2 Å². The Labute approximate surface area is 239 Å². The smallest absolute Gasteiger partial charge is 0.251 e. The highest BCUT2D eigenvalue weighted by Crippen LogP contribution is 2.27.